The van der Waals surface area contributed by atoms with Crippen molar-refractivity contribution in [2.75, 3.05) is 13.6 Å². The predicted molar refractivity (Wildman–Crippen MR) is 57.7 cm³/mol. The fourth-order valence-electron chi connectivity index (χ4n) is 2.47. The van der Waals surface area contributed by atoms with Crippen LogP contribution in [0.2, 0.25) is 0 Å². The normalized spacial score (nSPS) is 23.5. The van der Waals surface area contributed by atoms with Crippen molar-refractivity contribution in [2.24, 2.45) is 0 Å². The molecule has 1 aromatic rings. The Labute approximate surface area is 90.3 Å². The van der Waals surface area contributed by atoms with Crippen molar-refractivity contribution in [1.29, 1.82) is 0 Å². The summed E-state index contributed by atoms with van der Waals surface area (Å²) in [6.07, 6.45) is 2.54. The second-order valence-corrected chi connectivity index (χ2v) is 5.35. The van der Waals surface area contributed by atoms with E-state index >= 15 is 0 Å². The molecule has 1 aliphatic heterocycles. The Balaban J connectivity index is 2.05. The summed E-state index contributed by atoms with van der Waals surface area (Å²) >= 11 is 0. The van der Waals surface area contributed by atoms with Gasteiger partial charge in [0.1, 0.15) is 5.82 Å². The molecule has 0 unspecified atom stereocenters. The number of likely N-dealkylation sites (N-methyl/N-ethyl adjacent to an activating group) is 1. The first-order valence-corrected chi connectivity index (χ1v) is 5.76. The lowest BCUT2D eigenvalue weighted by Gasteiger charge is -2.30. The first-order chi connectivity index (χ1) is 7.11. The van der Waals surface area contributed by atoms with Gasteiger partial charge in [-0.25, -0.2) is 9.67 Å². The molecule has 82 valence electrons. The number of aromatic nitrogens is 3. The maximum atomic E-state index is 4.68. The van der Waals surface area contributed by atoms with E-state index in [1.165, 1.54) is 12.8 Å². The van der Waals surface area contributed by atoms with Gasteiger partial charge in [-0.15, -0.1) is 0 Å². The monoisotopic (exact) mass is 206 g/mol. The molecule has 0 atom stereocenters. The average Bonchev–Trinajstić information content (AvgIpc) is 2.77. The van der Waals surface area contributed by atoms with Crippen LogP contribution in [0.15, 0.2) is 0 Å². The zero-order valence-electron chi connectivity index (χ0n) is 9.69. The van der Waals surface area contributed by atoms with Crippen molar-refractivity contribution in [1.82, 2.24) is 19.7 Å². The van der Waals surface area contributed by atoms with Crippen LogP contribution in [0.4, 0.5) is 0 Å². The van der Waals surface area contributed by atoms with E-state index in [2.05, 4.69) is 40.6 Å². The van der Waals surface area contributed by atoms with Crippen molar-refractivity contribution < 1.29 is 0 Å². The summed E-state index contributed by atoms with van der Waals surface area (Å²) in [5.74, 6) is 2.60. The Kier molecular flexibility index (Phi) is 1.75. The maximum absolute atomic E-state index is 4.68. The van der Waals surface area contributed by atoms with Gasteiger partial charge in [-0.2, -0.15) is 5.10 Å². The van der Waals surface area contributed by atoms with Gasteiger partial charge in [-0.05, 0) is 19.9 Å². The van der Waals surface area contributed by atoms with Crippen LogP contribution in [0.25, 0.3) is 0 Å². The van der Waals surface area contributed by atoms with Gasteiger partial charge < -0.3 is 0 Å². The van der Waals surface area contributed by atoms with E-state index in [-0.39, 0.29) is 0 Å². The Morgan fingerprint density at radius 3 is 2.67 bits per heavy atom. The average molecular weight is 206 g/mol. The minimum atomic E-state index is 0.308. The van der Waals surface area contributed by atoms with Crippen LogP contribution < -0.4 is 0 Å². The molecule has 1 saturated carbocycles. The van der Waals surface area contributed by atoms with E-state index in [9.17, 15) is 0 Å². The van der Waals surface area contributed by atoms with Crippen molar-refractivity contribution in [3.05, 3.63) is 11.6 Å². The summed E-state index contributed by atoms with van der Waals surface area (Å²) in [5.41, 5.74) is 0.308. The number of hydrogen-bond acceptors (Lipinski definition) is 3. The van der Waals surface area contributed by atoms with Gasteiger partial charge in [-0.3, -0.25) is 4.90 Å². The number of nitrogens with zero attached hydrogens (tertiary/aromatic N) is 4. The quantitative estimate of drug-likeness (QED) is 0.695. The van der Waals surface area contributed by atoms with Crippen molar-refractivity contribution in [3.63, 3.8) is 0 Å². The van der Waals surface area contributed by atoms with Gasteiger partial charge >= 0.3 is 0 Å². The molecule has 2 aliphatic rings. The number of hydrogen-bond donors (Lipinski definition) is 0. The first kappa shape index (κ1) is 9.33. The summed E-state index contributed by atoms with van der Waals surface area (Å²) in [7, 11) is 2.17. The van der Waals surface area contributed by atoms with Crippen molar-refractivity contribution in [2.45, 2.75) is 44.7 Å². The molecule has 15 heavy (non-hydrogen) atoms. The second-order valence-electron chi connectivity index (χ2n) is 5.35. The van der Waals surface area contributed by atoms with E-state index < -0.39 is 0 Å². The molecule has 0 N–H and O–H groups in total. The lowest BCUT2D eigenvalue weighted by Crippen LogP contribution is -2.40. The number of fused-ring (bicyclic) bond motifs is 2. The van der Waals surface area contributed by atoms with Crippen LogP contribution in [-0.4, -0.2) is 33.3 Å². The van der Waals surface area contributed by atoms with Gasteiger partial charge in [-0.1, -0.05) is 13.8 Å². The van der Waals surface area contributed by atoms with Crippen LogP contribution >= 0.6 is 0 Å². The summed E-state index contributed by atoms with van der Waals surface area (Å²) in [4.78, 5) is 7.01. The highest BCUT2D eigenvalue weighted by molar-refractivity contribution is 5.11. The second kappa shape index (κ2) is 2.82. The maximum Gasteiger partial charge on any atom is 0.153 e. The number of rotatable bonds is 1. The van der Waals surface area contributed by atoms with Gasteiger partial charge in [0.2, 0.25) is 0 Å². The van der Waals surface area contributed by atoms with E-state index in [0.717, 1.165) is 24.7 Å². The molecular formula is C11H18N4. The molecule has 0 bridgehead atoms. The topological polar surface area (TPSA) is 34.0 Å². The zero-order valence-corrected chi connectivity index (χ0v) is 9.69. The highest BCUT2D eigenvalue weighted by Crippen LogP contribution is 2.46. The molecule has 0 amide bonds. The standard InChI is InChI=1S/C11H18N4/c1-8(2)10-12-9-6-14(3)7-11(4-5-11)15(9)13-10/h8H,4-7H2,1-3H3. The molecule has 1 spiro atoms. The SMILES string of the molecule is CC(C)c1nc2n(n1)C1(CC1)CN(C)C2. The van der Waals surface area contributed by atoms with Crippen LogP contribution in [0.5, 0.6) is 0 Å². The van der Waals surface area contributed by atoms with Gasteiger partial charge in [0.05, 0.1) is 12.1 Å². The lowest BCUT2D eigenvalue weighted by molar-refractivity contribution is 0.190. The summed E-state index contributed by atoms with van der Waals surface area (Å²) < 4.78 is 2.21. The Hall–Kier alpha value is -0.900. The minimum Gasteiger partial charge on any atom is -0.297 e. The van der Waals surface area contributed by atoms with Crippen LogP contribution in [0.3, 0.4) is 0 Å². The third-order valence-electron chi connectivity index (χ3n) is 3.46. The molecule has 0 saturated heterocycles. The summed E-state index contributed by atoms with van der Waals surface area (Å²) in [5, 5.41) is 4.68. The molecule has 1 fully saturated rings. The summed E-state index contributed by atoms with van der Waals surface area (Å²) in [6.45, 7) is 6.40. The highest BCUT2D eigenvalue weighted by Gasteiger charge is 2.50. The third kappa shape index (κ3) is 1.31. The van der Waals surface area contributed by atoms with Crippen LogP contribution in [-0.2, 0) is 12.1 Å². The van der Waals surface area contributed by atoms with Gasteiger partial charge in [0.15, 0.2) is 5.82 Å². The molecule has 3 rings (SSSR count). The molecule has 1 aliphatic carbocycles. The zero-order chi connectivity index (χ0) is 10.6. The molecule has 0 radical (unpaired) electrons. The van der Waals surface area contributed by atoms with Crippen LogP contribution in [0, 0.1) is 0 Å². The van der Waals surface area contributed by atoms with E-state index in [1.54, 1.807) is 0 Å². The molecule has 4 nitrogen and oxygen atoms in total. The highest BCUT2D eigenvalue weighted by atomic mass is 15.4. The Morgan fingerprint density at radius 1 is 1.33 bits per heavy atom. The third-order valence-corrected chi connectivity index (χ3v) is 3.46. The van der Waals surface area contributed by atoms with E-state index in [4.69, 9.17) is 0 Å². The Morgan fingerprint density at radius 2 is 2.07 bits per heavy atom. The predicted octanol–water partition coefficient (Wildman–Crippen LogP) is 1.34. The van der Waals surface area contributed by atoms with Crippen molar-refractivity contribution in [3.8, 4) is 0 Å². The van der Waals surface area contributed by atoms with Crippen molar-refractivity contribution >= 4 is 0 Å². The molecule has 1 aromatic heterocycles. The van der Waals surface area contributed by atoms with Gasteiger partial charge in [0, 0.05) is 12.5 Å². The molecule has 0 aromatic carbocycles. The lowest BCUT2D eigenvalue weighted by atomic mass is 10.2. The van der Waals surface area contributed by atoms with E-state index in [0.29, 0.717) is 11.5 Å². The fraction of sp³-hybridized carbons (Fsp3) is 0.818. The fourth-order valence-corrected chi connectivity index (χ4v) is 2.47. The minimum absolute atomic E-state index is 0.308. The smallest absolute Gasteiger partial charge is 0.153 e. The first-order valence-electron chi connectivity index (χ1n) is 5.76. The molecule has 2 heterocycles. The summed E-state index contributed by atoms with van der Waals surface area (Å²) in [6, 6.07) is 0. The van der Waals surface area contributed by atoms with Gasteiger partial charge in [0.25, 0.3) is 0 Å². The Bertz CT molecular complexity index is 389. The molecule has 4 heteroatoms. The largest absolute Gasteiger partial charge is 0.297 e. The van der Waals surface area contributed by atoms with E-state index in [1.807, 2.05) is 0 Å². The van der Waals surface area contributed by atoms with Crippen LogP contribution in [0.1, 0.15) is 44.3 Å². The molecular weight excluding hydrogens is 188 g/mol.